The number of nitrogens with two attached hydrogens (primary N) is 2. The molecule has 1 aromatic rings. The smallest absolute Gasteiger partial charge is 0.222 e. The first-order chi connectivity index (χ1) is 8.47. The third-order valence-corrected chi connectivity index (χ3v) is 3.58. The van der Waals surface area contributed by atoms with Crippen molar-refractivity contribution in [2.75, 3.05) is 17.2 Å². The number of nitrogen functional groups attached to an aromatic ring is 1. The summed E-state index contributed by atoms with van der Waals surface area (Å²) in [4.78, 5) is 17.6. The first kappa shape index (κ1) is 13.0. The van der Waals surface area contributed by atoms with Crippen LogP contribution in [0.1, 0.15) is 19.8 Å². The Labute approximate surface area is 111 Å². The van der Waals surface area contributed by atoms with E-state index in [2.05, 4.69) is 11.9 Å². The van der Waals surface area contributed by atoms with Crippen LogP contribution in [0.15, 0.2) is 12.1 Å². The van der Waals surface area contributed by atoms with Gasteiger partial charge in [-0.05, 0) is 25.8 Å². The lowest BCUT2D eigenvalue weighted by Gasteiger charge is -2.37. The zero-order chi connectivity index (χ0) is 13.3. The molecule has 1 aliphatic heterocycles. The van der Waals surface area contributed by atoms with Gasteiger partial charge in [0.2, 0.25) is 5.91 Å². The van der Waals surface area contributed by atoms with E-state index in [1.165, 1.54) is 0 Å². The number of hydrogen-bond acceptors (Lipinski definition) is 4. The van der Waals surface area contributed by atoms with Crippen molar-refractivity contribution in [2.45, 2.75) is 25.8 Å². The van der Waals surface area contributed by atoms with Gasteiger partial charge in [0.25, 0.3) is 0 Å². The molecule has 0 radical (unpaired) electrons. The van der Waals surface area contributed by atoms with Gasteiger partial charge in [0, 0.05) is 24.3 Å². The molecule has 2 heterocycles. The summed E-state index contributed by atoms with van der Waals surface area (Å²) in [5.41, 5.74) is 11.7. The van der Waals surface area contributed by atoms with Crippen LogP contribution in [-0.2, 0) is 4.79 Å². The highest BCUT2D eigenvalue weighted by atomic mass is 35.5. The van der Waals surface area contributed by atoms with Crippen LogP contribution in [0, 0.1) is 5.92 Å². The maximum absolute atomic E-state index is 11.3. The largest absolute Gasteiger partial charge is 0.399 e. The molecule has 1 amide bonds. The maximum atomic E-state index is 11.3. The lowest BCUT2D eigenvalue weighted by atomic mass is 9.93. The van der Waals surface area contributed by atoms with Gasteiger partial charge in [-0.1, -0.05) is 11.6 Å². The molecule has 1 fully saturated rings. The molecule has 4 N–H and O–H groups in total. The summed E-state index contributed by atoms with van der Waals surface area (Å²) in [7, 11) is 0. The lowest BCUT2D eigenvalue weighted by Crippen LogP contribution is -2.46. The standard InChI is InChI=1S/C12H17ClN4O/c1-7-2-3-8(12(15)18)6-17(7)11-5-9(14)4-10(13)16-11/h4-5,7-8H,2-3,6H2,1H3,(H2,14,16)(H2,15,18). The number of pyridine rings is 1. The van der Waals surface area contributed by atoms with Crippen molar-refractivity contribution in [3.8, 4) is 0 Å². The van der Waals surface area contributed by atoms with Crippen LogP contribution in [0.25, 0.3) is 0 Å². The normalized spacial score (nSPS) is 24.0. The molecule has 2 unspecified atom stereocenters. The molecule has 1 saturated heterocycles. The van der Waals surface area contributed by atoms with Crippen LogP contribution in [-0.4, -0.2) is 23.5 Å². The number of halogens is 1. The Morgan fingerprint density at radius 1 is 1.50 bits per heavy atom. The molecule has 0 aromatic carbocycles. The topological polar surface area (TPSA) is 85.2 Å². The summed E-state index contributed by atoms with van der Waals surface area (Å²) in [6.07, 6.45) is 1.73. The van der Waals surface area contributed by atoms with Crippen LogP contribution in [0.3, 0.4) is 0 Å². The van der Waals surface area contributed by atoms with E-state index >= 15 is 0 Å². The highest BCUT2D eigenvalue weighted by Crippen LogP contribution is 2.28. The molecular weight excluding hydrogens is 252 g/mol. The fourth-order valence-corrected chi connectivity index (χ4v) is 2.52. The summed E-state index contributed by atoms with van der Waals surface area (Å²) in [6.45, 7) is 2.67. The third-order valence-electron chi connectivity index (χ3n) is 3.38. The molecule has 0 aliphatic carbocycles. The average molecular weight is 269 g/mol. The van der Waals surface area contributed by atoms with Crippen molar-refractivity contribution in [1.29, 1.82) is 0 Å². The van der Waals surface area contributed by atoms with Crippen molar-refractivity contribution in [2.24, 2.45) is 11.7 Å². The number of nitrogens with zero attached hydrogens (tertiary/aromatic N) is 2. The van der Waals surface area contributed by atoms with Crippen LogP contribution < -0.4 is 16.4 Å². The Balaban J connectivity index is 2.26. The molecule has 0 saturated carbocycles. The van der Waals surface area contributed by atoms with Gasteiger partial charge >= 0.3 is 0 Å². The highest BCUT2D eigenvalue weighted by molar-refractivity contribution is 6.29. The second-order valence-electron chi connectivity index (χ2n) is 4.76. The minimum absolute atomic E-state index is 0.136. The second-order valence-corrected chi connectivity index (χ2v) is 5.15. The summed E-state index contributed by atoms with van der Waals surface area (Å²) >= 11 is 5.91. The Morgan fingerprint density at radius 2 is 2.22 bits per heavy atom. The summed E-state index contributed by atoms with van der Waals surface area (Å²) in [5, 5.41) is 0.360. The SMILES string of the molecule is CC1CCC(C(N)=O)CN1c1cc(N)cc(Cl)n1. The van der Waals surface area contributed by atoms with Gasteiger partial charge in [-0.15, -0.1) is 0 Å². The fourth-order valence-electron chi connectivity index (χ4n) is 2.31. The van der Waals surface area contributed by atoms with Crippen molar-refractivity contribution in [1.82, 2.24) is 4.98 Å². The number of aromatic nitrogens is 1. The van der Waals surface area contributed by atoms with Crippen LogP contribution in [0.2, 0.25) is 5.15 Å². The quantitative estimate of drug-likeness (QED) is 0.794. The van der Waals surface area contributed by atoms with Crippen molar-refractivity contribution in [3.63, 3.8) is 0 Å². The van der Waals surface area contributed by atoms with Gasteiger partial charge in [-0.3, -0.25) is 4.79 Å². The van der Waals surface area contributed by atoms with Gasteiger partial charge in [0.05, 0.1) is 5.92 Å². The number of hydrogen-bond donors (Lipinski definition) is 2. The van der Waals surface area contributed by atoms with E-state index in [-0.39, 0.29) is 11.8 Å². The lowest BCUT2D eigenvalue weighted by molar-refractivity contribution is -0.122. The third kappa shape index (κ3) is 2.67. The number of carbonyl (C=O) groups excluding carboxylic acids is 1. The number of rotatable bonds is 2. The van der Waals surface area contributed by atoms with E-state index in [4.69, 9.17) is 23.1 Å². The van der Waals surface area contributed by atoms with Crippen LogP contribution in [0.4, 0.5) is 11.5 Å². The Kier molecular flexibility index (Phi) is 3.61. The van der Waals surface area contributed by atoms with Gasteiger partial charge < -0.3 is 16.4 Å². The van der Waals surface area contributed by atoms with Gasteiger partial charge in [0.1, 0.15) is 11.0 Å². The minimum Gasteiger partial charge on any atom is -0.399 e. The summed E-state index contributed by atoms with van der Waals surface area (Å²) in [6, 6.07) is 3.67. The molecule has 0 spiro atoms. The van der Waals surface area contributed by atoms with Crippen molar-refractivity contribution in [3.05, 3.63) is 17.3 Å². The number of piperidine rings is 1. The summed E-state index contributed by atoms with van der Waals surface area (Å²) < 4.78 is 0. The molecule has 1 aromatic heterocycles. The van der Waals surface area contributed by atoms with Crippen molar-refractivity contribution >= 4 is 29.0 Å². The number of primary amides is 1. The van der Waals surface area contributed by atoms with E-state index in [1.54, 1.807) is 12.1 Å². The second kappa shape index (κ2) is 5.02. The monoisotopic (exact) mass is 268 g/mol. The van der Waals surface area contributed by atoms with Crippen LogP contribution in [0.5, 0.6) is 0 Å². The van der Waals surface area contributed by atoms with E-state index in [0.717, 1.165) is 12.8 Å². The zero-order valence-corrected chi connectivity index (χ0v) is 11.0. The number of amides is 1. The van der Waals surface area contributed by atoms with Gasteiger partial charge in [-0.2, -0.15) is 0 Å². The minimum atomic E-state index is -0.262. The fraction of sp³-hybridized carbons (Fsp3) is 0.500. The molecule has 1 aliphatic rings. The first-order valence-corrected chi connectivity index (χ1v) is 6.34. The maximum Gasteiger partial charge on any atom is 0.222 e. The van der Waals surface area contributed by atoms with E-state index in [1.807, 2.05) is 4.90 Å². The molecular formula is C12H17ClN4O. The molecule has 2 rings (SSSR count). The molecule has 18 heavy (non-hydrogen) atoms. The molecule has 0 bridgehead atoms. The molecule has 5 nitrogen and oxygen atoms in total. The van der Waals surface area contributed by atoms with E-state index in [0.29, 0.717) is 29.2 Å². The first-order valence-electron chi connectivity index (χ1n) is 5.96. The predicted molar refractivity (Wildman–Crippen MR) is 72.4 cm³/mol. The number of carbonyl (C=O) groups is 1. The predicted octanol–water partition coefficient (Wildman–Crippen LogP) is 1.41. The Bertz CT molecular complexity index is 445. The summed E-state index contributed by atoms with van der Waals surface area (Å²) in [5.74, 6) is 0.309. The molecule has 2 atom stereocenters. The Morgan fingerprint density at radius 3 is 2.83 bits per heavy atom. The number of anilines is 2. The van der Waals surface area contributed by atoms with E-state index < -0.39 is 0 Å². The van der Waals surface area contributed by atoms with Crippen molar-refractivity contribution < 1.29 is 4.79 Å². The van der Waals surface area contributed by atoms with Gasteiger partial charge in [-0.25, -0.2) is 4.98 Å². The molecule has 6 heteroatoms. The van der Waals surface area contributed by atoms with Crippen LogP contribution >= 0.6 is 11.6 Å². The highest BCUT2D eigenvalue weighted by Gasteiger charge is 2.29. The molecule has 98 valence electrons. The average Bonchev–Trinajstić information content (AvgIpc) is 2.27. The zero-order valence-electron chi connectivity index (χ0n) is 10.3. The Hall–Kier alpha value is -1.49. The van der Waals surface area contributed by atoms with E-state index in [9.17, 15) is 4.79 Å². The van der Waals surface area contributed by atoms with Gasteiger partial charge in [0.15, 0.2) is 0 Å².